The third kappa shape index (κ3) is 4.90. The summed E-state index contributed by atoms with van der Waals surface area (Å²) in [4.78, 5) is 11.7. The second-order valence-electron chi connectivity index (χ2n) is 4.59. The number of halogens is 1. The first-order valence-corrected chi connectivity index (χ1v) is 7.85. The maximum Gasteiger partial charge on any atom is 0.289 e. The summed E-state index contributed by atoms with van der Waals surface area (Å²) in [5.41, 5.74) is 1.39. The molecular formula is C15H17FN2O2S. The Morgan fingerprint density at radius 2 is 2.24 bits per heavy atom. The van der Waals surface area contributed by atoms with Gasteiger partial charge in [0.25, 0.3) is 5.91 Å². The fraction of sp³-hybridized carbons (Fsp3) is 0.333. The van der Waals surface area contributed by atoms with Crippen molar-refractivity contribution in [2.75, 3.05) is 12.3 Å². The molecule has 0 unspecified atom stereocenters. The van der Waals surface area contributed by atoms with Gasteiger partial charge in [0.15, 0.2) is 0 Å². The van der Waals surface area contributed by atoms with Gasteiger partial charge < -0.3 is 9.84 Å². The van der Waals surface area contributed by atoms with Gasteiger partial charge >= 0.3 is 0 Å². The molecular weight excluding hydrogens is 291 g/mol. The van der Waals surface area contributed by atoms with Crippen LogP contribution in [0.15, 0.2) is 34.9 Å². The van der Waals surface area contributed by atoms with E-state index in [2.05, 4.69) is 10.5 Å². The molecule has 0 spiro atoms. The van der Waals surface area contributed by atoms with Crippen molar-refractivity contribution in [3.8, 4) is 0 Å². The Labute approximate surface area is 127 Å². The first-order valence-electron chi connectivity index (χ1n) is 6.69. The average molecular weight is 308 g/mol. The molecule has 21 heavy (non-hydrogen) atoms. The minimum absolute atomic E-state index is 0.168. The monoisotopic (exact) mass is 308 g/mol. The number of benzene rings is 1. The normalized spacial score (nSPS) is 10.6. The molecule has 0 atom stereocenters. The van der Waals surface area contributed by atoms with Crippen LogP contribution in [-0.2, 0) is 5.75 Å². The van der Waals surface area contributed by atoms with Crippen LogP contribution >= 0.6 is 11.8 Å². The van der Waals surface area contributed by atoms with Gasteiger partial charge in [-0.3, -0.25) is 4.79 Å². The van der Waals surface area contributed by atoms with E-state index in [1.165, 1.54) is 6.07 Å². The Kier molecular flexibility index (Phi) is 5.80. The minimum atomic E-state index is -0.255. The first kappa shape index (κ1) is 15.6. The van der Waals surface area contributed by atoms with Crippen LogP contribution in [-0.4, -0.2) is 23.4 Å². The standard InChI is InChI=1S/C15H17FN2O2S/c1-11-9-14(20-18-11)15(19)17-7-4-8-21-10-12-5-2-3-6-13(12)16/h2-3,5-6,9H,4,7-8,10H2,1H3,(H,17,19). The number of aryl methyl sites for hydroxylation is 1. The summed E-state index contributed by atoms with van der Waals surface area (Å²) in [7, 11) is 0. The predicted molar refractivity (Wildman–Crippen MR) is 80.8 cm³/mol. The number of rotatable bonds is 7. The summed E-state index contributed by atoms with van der Waals surface area (Å²) in [5, 5.41) is 6.42. The fourth-order valence-corrected chi connectivity index (χ4v) is 2.68. The largest absolute Gasteiger partial charge is 0.351 e. The van der Waals surface area contributed by atoms with Gasteiger partial charge in [-0.05, 0) is 30.7 Å². The molecule has 0 aliphatic rings. The summed E-state index contributed by atoms with van der Waals surface area (Å²) in [5.74, 6) is 1.30. The molecule has 0 bridgehead atoms. The number of hydrogen-bond acceptors (Lipinski definition) is 4. The number of nitrogens with one attached hydrogen (secondary N) is 1. The highest BCUT2D eigenvalue weighted by molar-refractivity contribution is 7.98. The molecule has 6 heteroatoms. The van der Waals surface area contributed by atoms with E-state index >= 15 is 0 Å². The summed E-state index contributed by atoms with van der Waals surface area (Å²) in [6, 6.07) is 8.37. The number of aromatic nitrogens is 1. The predicted octanol–water partition coefficient (Wildman–Crippen LogP) is 3.18. The fourth-order valence-electron chi connectivity index (χ4n) is 1.73. The van der Waals surface area contributed by atoms with Crippen molar-refractivity contribution in [3.63, 3.8) is 0 Å². The van der Waals surface area contributed by atoms with Crippen LogP contribution in [0.25, 0.3) is 0 Å². The molecule has 0 saturated heterocycles. The zero-order chi connectivity index (χ0) is 15.1. The lowest BCUT2D eigenvalue weighted by molar-refractivity contribution is 0.0917. The third-order valence-corrected chi connectivity index (χ3v) is 3.91. The topological polar surface area (TPSA) is 55.1 Å². The van der Waals surface area contributed by atoms with Gasteiger partial charge in [0.2, 0.25) is 5.76 Å². The van der Waals surface area contributed by atoms with E-state index in [-0.39, 0.29) is 17.5 Å². The molecule has 1 amide bonds. The zero-order valence-electron chi connectivity index (χ0n) is 11.8. The van der Waals surface area contributed by atoms with Crippen LogP contribution in [0.3, 0.4) is 0 Å². The van der Waals surface area contributed by atoms with Crippen LogP contribution in [0.4, 0.5) is 4.39 Å². The highest BCUT2D eigenvalue weighted by Crippen LogP contribution is 2.15. The smallest absolute Gasteiger partial charge is 0.289 e. The number of hydrogen-bond donors (Lipinski definition) is 1. The van der Waals surface area contributed by atoms with E-state index in [0.29, 0.717) is 23.6 Å². The molecule has 0 fully saturated rings. The summed E-state index contributed by atoms with van der Waals surface area (Å²) in [6.07, 6.45) is 0.817. The number of thioether (sulfide) groups is 1. The highest BCUT2D eigenvalue weighted by atomic mass is 32.2. The van der Waals surface area contributed by atoms with Gasteiger partial charge in [0.05, 0.1) is 5.69 Å². The molecule has 1 aromatic heterocycles. The van der Waals surface area contributed by atoms with Crippen LogP contribution in [0, 0.1) is 12.7 Å². The summed E-state index contributed by atoms with van der Waals surface area (Å²) >= 11 is 1.65. The number of carbonyl (C=O) groups excluding carboxylic acids is 1. The molecule has 0 aliphatic heterocycles. The number of amides is 1. The first-order chi connectivity index (χ1) is 10.2. The second kappa shape index (κ2) is 7.83. The van der Waals surface area contributed by atoms with Gasteiger partial charge in [-0.2, -0.15) is 11.8 Å². The van der Waals surface area contributed by atoms with Gasteiger partial charge in [-0.15, -0.1) is 0 Å². The second-order valence-corrected chi connectivity index (χ2v) is 5.69. The van der Waals surface area contributed by atoms with Gasteiger partial charge in [-0.1, -0.05) is 23.4 Å². The molecule has 112 valence electrons. The van der Waals surface area contributed by atoms with Crippen LogP contribution in [0.5, 0.6) is 0 Å². The molecule has 0 aliphatic carbocycles. The Bertz CT molecular complexity index is 601. The van der Waals surface area contributed by atoms with Crippen molar-refractivity contribution in [2.24, 2.45) is 0 Å². The molecule has 0 saturated carbocycles. The van der Waals surface area contributed by atoms with E-state index in [9.17, 15) is 9.18 Å². The molecule has 2 aromatic rings. The zero-order valence-corrected chi connectivity index (χ0v) is 12.6. The maximum atomic E-state index is 13.4. The van der Waals surface area contributed by atoms with Crippen LogP contribution < -0.4 is 5.32 Å². The lowest BCUT2D eigenvalue weighted by Gasteiger charge is -2.04. The minimum Gasteiger partial charge on any atom is -0.351 e. The van der Waals surface area contributed by atoms with Crippen molar-refractivity contribution in [3.05, 3.63) is 53.2 Å². The van der Waals surface area contributed by atoms with Gasteiger partial charge in [-0.25, -0.2) is 4.39 Å². The maximum absolute atomic E-state index is 13.4. The van der Waals surface area contributed by atoms with Crippen molar-refractivity contribution >= 4 is 17.7 Å². The van der Waals surface area contributed by atoms with Crippen molar-refractivity contribution < 1.29 is 13.7 Å². The quantitative estimate of drug-likeness (QED) is 0.798. The molecule has 1 aromatic carbocycles. The third-order valence-electron chi connectivity index (χ3n) is 2.82. The Morgan fingerprint density at radius 3 is 2.95 bits per heavy atom. The van der Waals surface area contributed by atoms with Crippen molar-refractivity contribution in [1.82, 2.24) is 10.5 Å². The van der Waals surface area contributed by atoms with E-state index in [1.807, 2.05) is 6.07 Å². The lowest BCUT2D eigenvalue weighted by atomic mass is 10.2. The molecule has 4 nitrogen and oxygen atoms in total. The summed E-state index contributed by atoms with van der Waals surface area (Å²) in [6.45, 7) is 2.32. The Morgan fingerprint density at radius 1 is 1.43 bits per heavy atom. The van der Waals surface area contributed by atoms with E-state index in [1.54, 1.807) is 36.9 Å². The molecule has 1 N–H and O–H groups in total. The molecule has 2 rings (SSSR count). The molecule has 1 heterocycles. The SMILES string of the molecule is Cc1cc(C(=O)NCCCSCc2ccccc2F)on1. The van der Waals surface area contributed by atoms with Gasteiger partial charge in [0.1, 0.15) is 5.82 Å². The van der Waals surface area contributed by atoms with E-state index < -0.39 is 0 Å². The number of carbonyl (C=O) groups is 1. The van der Waals surface area contributed by atoms with Gasteiger partial charge in [0, 0.05) is 18.4 Å². The average Bonchev–Trinajstić information content (AvgIpc) is 2.91. The Balaban J connectivity index is 1.60. The van der Waals surface area contributed by atoms with E-state index in [0.717, 1.165) is 12.2 Å². The molecule has 0 radical (unpaired) electrons. The Hall–Kier alpha value is -1.82. The highest BCUT2D eigenvalue weighted by Gasteiger charge is 2.10. The number of nitrogens with zero attached hydrogens (tertiary/aromatic N) is 1. The van der Waals surface area contributed by atoms with Crippen molar-refractivity contribution in [2.45, 2.75) is 19.1 Å². The lowest BCUT2D eigenvalue weighted by Crippen LogP contribution is -2.24. The van der Waals surface area contributed by atoms with Crippen molar-refractivity contribution in [1.29, 1.82) is 0 Å². The summed E-state index contributed by atoms with van der Waals surface area (Å²) < 4.78 is 18.2. The van der Waals surface area contributed by atoms with Crippen LogP contribution in [0.2, 0.25) is 0 Å². The van der Waals surface area contributed by atoms with Crippen LogP contribution in [0.1, 0.15) is 28.2 Å². The van der Waals surface area contributed by atoms with E-state index in [4.69, 9.17) is 4.52 Å².